The van der Waals surface area contributed by atoms with Crippen LogP contribution in [0, 0.1) is 12.7 Å². The van der Waals surface area contributed by atoms with Gasteiger partial charge < -0.3 is 14.1 Å². The second kappa shape index (κ2) is 6.86. The highest BCUT2D eigenvalue weighted by atomic mass is 19.1. The van der Waals surface area contributed by atoms with Crippen LogP contribution in [0.4, 0.5) is 4.39 Å². The molecule has 0 bridgehead atoms. The number of ether oxygens (including phenoxy) is 1. The van der Waals surface area contributed by atoms with E-state index in [4.69, 9.17) is 9.15 Å². The second-order valence-corrected chi connectivity index (χ2v) is 5.85. The standard InChI is InChI=1S/C18H18FNO4/c1-12-8-14(9-18(22)23-12)24-15-10-20(11-15)17(21)7-6-13-4-2-3-5-16(13)19/h2-5,8-9,15H,6-7,10-11H2,1H3. The molecular weight excluding hydrogens is 313 g/mol. The van der Waals surface area contributed by atoms with Crippen LogP contribution < -0.4 is 10.4 Å². The van der Waals surface area contributed by atoms with Crippen molar-refractivity contribution >= 4 is 5.91 Å². The van der Waals surface area contributed by atoms with Crippen molar-refractivity contribution in [2.24, 2.45) is 0 Å². The Morgan fingerprint density at radius 1 is 1.33 bits per heavy atom. The average Bonchev–Trinajstić information content (AvgIpc) is 2.48. The van der Waals surface area contributed by atoms with Crippen molar-refractivity contribution in [1.82, 2.24) is 4.90 Å². The monoisotopic (exact) mass is 331 g/mol. The summed E-state index contributed by atoms with van der Waals surface area (Å²) in [5.41, 5.74) is 0.0906. The highest BCUT2D eigenvalue weighted by Crippen LogP contribution is 2.19. The Kier molecular flexibility index (Phi) is 4.64. The molecule has 0 aliphatic carbocycles. The van der Waals surface area contributed by atoms with Crippen LogP contribution >= 0.6 is 0 Å². The molecule has 1 amide bonds. The fraction of sp³-hybridized carbons (Fsp3) is 0.333. The van der Waals surface area contributed by atoms with Crippen LogP contribution in [0.3, 0.4) is 0 Å². The summed E-state index contributed by atoms with van der Waals surface area (Å²) in [5.74, 6) is 0.622. The zero-order chi connectivity index (χ0) is 17.1. The molecule has 1 aliphatic rings. The van der Waals surface area contributed by atoms with Crippen molar-refractivity contribution in [2.45, 2.75) is 25.9 Å². The molecule has 2 heterocycles. The first kappa shape index (κ1) is 16.2. The number of rotatable bonds is 5. The molecule has 1 aromatic carbocycles. The zero-order valence-corrected chi connectivity index (χ0v) is 13.3. The number of hydrogen-bond acceptors (Lipinski definition) is 4. The minimum Gasteiger partial charge on any atom is -0.486 e. The number of nitrogens with zero attached hydrogens (tertiary/aromatic N) is 1. The van der Waals surface area contributed by atoms with E-state index in [1.807, 2.05) is 0 Å². The first-order valence-electron chi connectivity index (χ1n) is 7.81. The largest absolute Gasteiger partial charge is 0.486 e. The summed E-state index contributed by atoms with van der Waals surface area (Å²) in [6.45, 7) is 2.61. The van der Waals surface area contributed by atoms with E-state index in [1.54, 1.807) is 36.1 Å². The maximum absolute atomic E-state index is 13.5. The van der Waals surface area contributed by atoms with Crippen molar-refractivity contribution in [3.63, 3.8) is 0 Å². The molecule has 0 unspecified atom stereocenters. The molecule has 0 spiro atoms. The molecule has 0 radical (unpaired) electrons. The van der Waals surface area contributed by atoms with Crippen LogP contribution in [-0.2, 0) is 11.2 Å². The lowest BCUT2D eigenvalue weighted by Gasteiger charge is -2.39. The van der Waals surface area contributed by atoms with Gasteiger partial charge in [0.1, 0.15) is 23.4 Å². The summed E-state index contributed by atoms with van der Waals surface area (Å²) in [4.78, 5) is 25.0. The van der Waals surface area contributed by atoms with Crippen LogP contribution in [0.2, 0.25) is 0 Å². The molecule has 0 saturated carbocycles. The highest BCUT2D eigenvalue weighted by Gasteiger charge is 2.32. The fourth-order valence-electron chi connectivity index (χ4n) is 2.65. The number of aryl methyl sites for hydroxylation is 2. The molecule has 3 rings (SSSR count). The molecule has 1 fully saturated rings. The van der Waals surface area contributed by atoms with Gasteiger partial charge in [0.05, 0.1) is 19.2 Å². The van der Waals surface area contributed by atoms with E-state index in [9.17, 15) is 14.0 Å². The number of carbonyl (C=O) groups excluding carboxylic acids is 1. The van der Waals surface area contributed by atoms with Gasteiger partial charge in [-0.25, -0.2) is 9.18 Å². The van der Waals surface area contributed by atoms with Crippen LogP contribution in [0.25, 0.3) is 0 Å². The van der Waals surface area contributed by atoms with Gasteiger partial charge in [-0.1, -0.05) is 18.2 Å². The third kappa shape index (κ3) is 3.82. The fourth-order valence-corrected chi connectivity index (χ4v) is 2.65. The predicted octanol–water partition coefficient (Wildman–Crippen LogP) is 2.31. The minimum absolute atomic E-state index is 0.0261. The number of hydrogen-bond donors (Lipinski definition) is 0. The van der Waals surface area contributed by atoms with Crippen LogP contribution in [0.5, 0.6) is 5.75 Å². The van der Waals surface area contributed by atoms with E-state index in [0.29, 0.717) is 36.6 Å². The van der Waals surface area contributed by atoms with Crippen molar-refractivity contribution in [3.8, 4) is 5.75 Å². The molecule has 126 valence electrons. The van der Waals surface area contributed by atoms with Gasteiger partial charge in [0.25, 0.3) is 0 Å². The average molecular weight is 331 g/mol. The van der Waals surface area contributed by atoms with E-state index in [2.05, 4.69) is 0 Å². The zero-order valence-electron chi connectivity index (χ0n) is 13.3. The summed E-state index contributed by atoms with van der Waals surface area (Å²) in [5, 5.41) is 0. The number of halogens is 1. The van der Waals surface area contributed by atoms with E-state index in [0.717, 1.165) is 0 Å². The molecule has 1 aliphatic heterocycles. The summed E-state index contributed by atoms with van der Waals surface area (Å²) in [6.07, 6.45) is 0.511. The third-order valence-electron chi connectivity index (χ3n) is 3.94. The minimum atomic E-state index is -0.456. The molecule has 2 aromatic rings. The van der Waals surface area contributed by atoms with Gasteiger partial charge in [0.2, 0.25) is 5.91 Å². The molecule has 1 saturated heterocycles. The van der Waals surface area contributed by atoms with E-state index < -0.39 is 5.63 Å². The SMILES string of the molecule is Cc1cc(OC2CN(C(=O)CCc3ccccc3F)C2)cc(=O)o1. The van der Waals surface area contributed by atoms with Crippen LogP contribution in [0.15, 0.2) is 45.6 Å². The van der Waals surface area contributed by atoms with Gasteiger partial charge in [-0.05, 0) is 25.0 Å². The summed E-state index contributed by atoms with van der Waals surface area (Å²) >= 11 is 0. The quantitative estimate of drug-likeness (QED) is 0.843. The van der Waals surface area contributed by atoms with Gasteiger partial charge in [-0.15, -0.1) is 0 Å². The van der Waals surface area contributed by atoms with E-state index >= 15 is 0 Å². The number of amides is 1. The lowest BCUT2D eigenvalue weighted by atomic mass is 10.1. The molecular formula is C18H18FNO4. The van der Waals surface area contributed by atoms with Gasteiger partial charge >= 0.3 is 5.63 Å². The van der Waals surface area contributed by atoms with Crippen molar-refractivity contribution in [1.29, 1.82) is 0 Å². The van der Waals surface area contributed by atoms with Gasteiger partial charge in [-0.2, -0.15) is 0 Å². The molecule has 0 N–H and O–H groups in total. The van der Waals surface area contributed by atoms with Gasteiger partial charge in [-0.3, -0.25) is 4.79 Å². The van der Waals surface area contributed by atoms with Crippen LogP contribution in [0.1, 0.15) is 17.7 Å². The Balaban J connectivity index is 1.47. The lowest BCUT2D eigenvalue weighted by Crippen LogP contribution is -2.56. The Labute approximate surface area is 138 Å². The number of likely N-dealkylation sites (tertiary alicyclic amines) is 1. The smallest absolute Gasteiger partial charge is 0.339 e. The maximum atomic E-state index is 13.5. The maximum Gasteiger partial charge on any atom is 0.339 e. The Hall–Kier alpha value is -2.63. The molecule has 1 aromatic heterocycles. The predicted molar refractivity (Wildman–Crippen MR) is 85.4 cm³/mol. The van der Waals surface area contributed by atoms with Crippen LogP contribution in [-0.4, -0.2) is 30.0 Å². The normalized spacial score (nSPS) is 14.3. The molecule has 6 heteroatoms. The Morgan fingerprint density at radius 2 is 2.08 bits per heavy atom. The first-order chi connectivity index (χ1) is 11.5. The summed E-state index contributed by atoms with van der Waals surface area (Å²) in [7, 11) is 0. The highest BCUT2D eigenvalue weighted by molar-refractivity contribution is 5.77. The Morgan fingerprint density at radius 3 is 2.79 bits per heavy atom. The molecule has 5 nitrogen and oxygen atoms in total. The van der Waals surface area contributed by atoms with E-state index in [-0.39, 0.29) is 24.2 Å². The first-order valence-corrected chi connectivity index (χ1v) is 7.81. The molecule has 0 atom stereocenters. The third-order valence-corrected chi connectivity index (χ3v) is 3.94. The van der Waals surface area contributed by atoms with Crippen molar-refractivity contribution < 1.29 is 18.3 Å². The van der Waals surface area contributed by atoms with Crippen molar-refractivity contribution in [3.05, 3.63) is 64.0 Å². The molecule has 24 heavy (non-hydrogen) atoms. The topological polar surface area (TPSA) is 59.8 Å². The summed E-state index contributed by atoms with van der Waals surface area (Å²) in [6, 6.07) is 9.40. The summed E-state index contributed by atoms with van der Waals surface area (Å²) < 4.78 is 24.1. The van der Waals surface area contributed by atoms with E-state index in [1.165, 1.54) is 12.1 Å². The second-order valence-electron chi connectivity index (χ2n) is 5.85. The van der Waals surface area contributed by atoms with Gasteiger partial charge in [0, 0.05) is 12.5 Å². The van der Waals surface area contributed by atoms with Gasteiger partial charge in [0.15, 0.2) is 0 Å². The number of carbonyl (C=O) groups is 1. The van der Waals surface area contributed by atoms with Crippen molar-refractivity contribution in [2.75, 3.05) is 13.1 Å². The number of benzene rings is 1. The lowest BCUT2D eigenvalue weighted by molar-refractivity contribution is -0.139. The Bertz CT molecular complexity index is 796.